The van der Waals surface area contributed by atoms with Crippen LogP contribution in [0.4, 0.5) is 5.69 Å². The fraction of sp³-hybridized carbons (Fsp3) is 0.333. The molecule has 0 aliphatic carbocycles. The summed E-state index contributed by atoms with van der Waals surface area (Å²) in [7, 11) is 3.29. The minimum absolute atomic E-state index is 0.188. The first-order valence-corrected chi connectivity index (χ1v) is 7.34. The molecule has 0 aromatic heterocycles. The van der Waals surface area contributed by atoms with Gasteiger partial charge in [-0.2, -0.15) is 0 Å². The molecule has 0 fully saturated rings. The molecule has 4 nitrogen and oxygen atoms in total. The van der Waals surface area contributed by atoms with Gasteiger partial charge in [-0.05, 0) is 43.7 Å². The van der Waals surface area contributed by atoms with Crippen LogP contribution in [-0.2, 0) is 6.54 Å². The van der Waals surface area contributed by atoms with E-state index < -0.39 is 0 Å². The Morgan fingerprint density at radius 1 is 0.909 bits per heavy atom. The molecule has 0 amide bonds. The van der Waals surface area contributed by atoms with Crippen LogP contribution < -0.4 is 19.5 Å². The van der Waals surface area contributed by atoms with Gasteiger partial charge in [-0.15, -0.1) is 0 Å². The van der Waals surface area contributed by atoms with E-state index in [4.69, 9.17) is 14.2 Å². The first kappa shape index (κ1) is 16.0. The Labute approximate surface area is 132 Å². The summed E-state index contributed by atoms with van der Waals surface area (Å²) in [5, 5.41) is 3.37. The van der Waals surface area contributed by atoms with Crippen LogP contribution in [0.5, 0.6) is 17.2 Å². The van der Waals surface area contributed by atoms with E-state index in [2.05, 4.69) is 17.4 Å². The van der Waals surface area contributed by atoms with E-state index in [1.54, 1.807) is 14.2 Å². The van der Waals surface area contributed by atoms with E-state index in [0.717, 1.165) is 22.9 Å². The molecule has 1 N–H and O–H groups in total. The Kier molecular flexibility index (Phi) is 5.53. The second-order valence-corrected chi connectivity index (χ2v) is 5.23. The Balaban J connectivity index is 2.00. The maximum absolute atomic E-state index is 5.64. The number of methoxy groups -OCH3 is 2. The third-order valence-electron chi connectivity index (χ3n) is 3.19. The third kappa shape index (κ3) is 4.32. The zero-order valence-corrected chi connectivity index (χ0v) is 13.6. The van der Waals surface area contributed by atoms with Gasteiger partial charge in [0.15, 0.2) is 0 Å². The lowest BCUT2D eigenvalue weighted by atomic mass is 10.2. The van der Waals surface area contributed by atoms with Crippen molar-refractivity contribution in [2.24, 2.45) is 0 Å². The highest BCUT2D eigenvalue weighted by Crippen LogP contribution is 2.29. The van der Waals surface area contributed by atoms with Gasteiger partial charge in [0.05, 0.1) is 26.0 Å². The monoisotopic (exact) mass is 301 g/mol. The minimum Gasteiger partial charge on any atom is -0.497 e. The molecule has 0 unspecified atom stereocenters. The van der Waals surface area contributed by atoms with Crippen molar-refractivity contribution in [3.63, 3.8) is 0 Å². The van der Waals surface area contributed by atoms with Crippen LogP contribution in [0.25, 0.3) is 0 Å². The first-order valence-electron chi connectivity index (χ1n) is 7.34. The van der Waals surface area contributed by atoms with E-state index in [0.29, 0.717) is 6.54 Å². The molecule has 2 rings (SSSR count). The first-order chi connectivity index (χ1) is 10.6. The van der Waals surface area contributed by atoms with Crippen LogP contribution >= 0.6 is 0 Å². The molecule has 0 spiro atoms. The minimum atomic E-state index is 0.188. The van der Waals surface area contributed by atoms with Crippen molar-refractivity contribution in [3.8, 4) is 17.2 Å². The molecule has 4 heteroatoms. The van der Waals surface area contributed by atoms with E-state index in [-0.39, 0.29) is 6.10 Å². The Hall–Kier alpha value is -2.36. The summed E-state index contributed by atoms with van der Waals surface area (Å²) in [5.41, 5.74) is 2.11. The highest BCUT2D eigenvalue weighted by atomic mass is 16.5. The van der Waals surface area contributed by atoms with Crippen LogP contribution in [0.1, 0.15) is 19.4 Å². The predicted molar refractivity (Wildman–Crippen MR) is 89.1 cm³/mol. The lowest BCUT2D eigenvalue weighted by Crippen LogP contribution is -2.06. The molecule has 118 valence electrons. The Morgan fingerprint density at radius 2 is 1.59 bits per heavy atom. The molecule has 2 aromatic rings. The summed E-state index contributed by atoms with van der Waals surface area (Å²) in [6.07, 6.45) is 0.188. The summed E-state index contributed by atoms with van der Waals surface area (Å²) >= 11 is 0. The number of rotatable bonds is 7. The molecule has 0 bridgehead atoms. The van der Waals surface area contributed by atoms with Crippen molar-refractivity contribution in [2.75, 3.05) is 19.5 Å². The van der Waals surface area contributed by atoms with Gasteiger partial charge in [0.2, 0.25) is 0 Å². The van der Waals surface area contributed by atoms with E-state index in [1.165, 1.54) is 5.56 Å². The quantitative estimate of drug-likeness (QED) is 0.835. The van der Waals surface area contributed by atoms with Crippen molar-refractivity contribution in [1.82, 2.24) is 0 Å². The number of anilines is 1. The average molecular weight is 301 g/mol. The van der Waals surface area contributed by atoms with Crippen molar-refractivity contribution < 1.29 is 14.2 Å². The van der Waals surface area contributed by atoms with Crippen LogP contribution in [-0.4, -0.2) is 20.3 Å². The van der Waals surface area contributed by atoms with Crippen molar-refractivity contribution in [1.29, 1.82) is 0 Å². The zero-order chi connectivity index (χ0) is 15.9. The van der Waals surface area contributed by atoms with Crippen LogP contribution in [0, 0.1) is 0 Å². The fourth-order valence-corrected chi connectivity index (χ4v) is 2.10. The number of benzene rings is 2. The average Bonchev–Trinajstić information content (AvgIpc) is 2.53. The summed E-state index contributed by atoms with van der Waals surface area (Å²) in [6, 6.07) is 13.8. The second-order valence-electron chi connectivity index (χ2n) is 5.23. The summed E-state index contributed by atoms with van der Waals surface area (Å²) in [5.74, 6) is 2.43. The normalized spacial score (nSPS) is 10.4. The van der Waals surface area contributed by atoms with E-state index in [9.17, 15) is 0 Å². The van der Waals surface area contributed by atoms with Crippen molar-refractivity contribution in [3.05, 3.63) is 48.0 Å². The molecule has 2 aromatic carbocycles. The molecule has 0 atom stereocenters. The fourth-order valence-electron chi connectivity index (χ4n) is 2.10. The highest BCUT2D eigenvalue weighted by Gasteiger charge is 2.05. The lowest BCUT2D eigenvalue weighted by Gasteiger charge is -2.13. The number of nitrogens with one attached hydrogen (secondary N) is 1. The largest absolute Gasteiger partial charge is 0.497 e. The van der Waals surface area contributed by atoms with E-state index in [1.807, 2.05) is 44.2 Å². The molecular weight excluding hydrogens is 278 g/mol. The summed E-state index contributed by atoms with van der Waals surface area (Å²) < 4.78 is 16.2. The van der Waals surface area contributed by atoms with Gasteiger partial charge >= 0.3 is 0 Å². The standard InChI is InChI=1S/C18H23NO3/c1-13(2)22-15-7-5-14(6-8-15)12-19-17-10-9-16(20-3)11-18(17)21-4/h5-11,13,19H,12H2,1-4H3. The molecule has 0 heterocycles. The topological polar surface area (TPSA) is 39.7 Å². The third-order valence-corrected chi connectivity index (χ3v) is 3.19. The highest BCUT2D eigenvalue weighted by molar-refractivity contribution is 5.59. The Bertz CT molecular complexity index is 594. The van der Waals surface area contributed by atoms with Gasteiger partial charge in [0.1, 0.15) is 17.2 Å². The van der Waals surface area contributed by atoms with Gasteiger partial charge in [-0.3, -0.25) is 0 Å². The second kappa shape index (κ2) is 7.59. The molecule has 0 radical (unpaired) electrons. The number of ether oxygens (including phenoxy) is 3. The molecule has 0 aliphatic rings. The molecule has 0 saturated heterocycles. The maximum atomic E-state index is 5.64. The van der Waals surface area contributed by atoms with Crippen LogP contribution in [0.15, 0.2) is 42.5 Å². The molecule has 0 saturated carbocycles. The summed E-state index contributed by atoms with van der Waals surface area (Å²) in [4.78, 5) is 0. The zero-order valence-electron chi connectivity index (χ0n) is 13.6. The van der Waals surface area contributed by atoms with Gasteiger partial charge < -0.3 is 19.5 Å². The molecule has 0 aliphatic heterocycles. The van der Waals surface area contributed by atoms with Gasteiger partial charge in [0, 0.05) is 12.6 Å². The number of hydrogen-bond acceptors (Lipinski definition) is 4. The van der Waals surface area contributed by atoms with E-state index >= 15 is 0 Å². The molecule has 22 heavy (non-hydrogen) atoms. The van der Waals surface area contributed by atoms with Crippen molar-refractivity contribution in [2.45, 2.75) is 26.5 Å². The molecular formula is C18H23NO3. The van der Waals surface area contributed by atoms with Crippen molar-refractivity contribution >= 4 is 5.69 Å². The van der Waals surface area contributed by atoms with Gasteiger partial charge in [-0.25, -0.2) is 0 Å². The van der Waals surface area contributed by atoms with Crippen LogP contribution in [0.2, 0.25) is 0 Å². The predicted octanol–water partition coefficient (Wildman–Crippen LogP) is 4.10. The van der Waals surface area contributed by atoms with Gasteiger partial charge in [-0.1, -0.05) is 12.1 Å². The smallest absolute Gasteiger partial charge is 0.145 e. The number of hydrogen-bond donors (Lipinski definition) is 1. The van der Waals surface area contributed by atoms with Crippen LogP contribution in [0.3, 0.4) is 0 Å². The lowest BCUT2D eigenvalue weighted by molar-refractivity contribution is 0.242. The summed E-state index contributed by atoms with van der Waals surface area (Å²) in [6.45, 7) is 4.75. The maximum Gasteiger partial charge on any atom is 0.145 e. The Morgan fingerprint density at radius 3 is 2.18 bits per heavy atom. The van der Waals surface area contributed by atoms with Gasteiger partial charge in [0.25, 0.3) is 0 Å². The SMILES string of the molecule is COc1ccc(NCc2ccc(OC(C)C)cc2)c(OC)c1.